The van der Waals surface area contributed by atoms with Crippen LogP contribution in [0.3, 0.4) is 0 Å². The minimum absolute atomic E-state index is 0.00416. The Morgan fingerprint density at radius 2 is 2.18 bits per heavy atom. The maximum atomic E-state index is 13.6. The quantitative estimate of drug-likeness (QED) is 0.793. The highest BCUT2D eigenvalue weighted by Crippen LogP contribution is 2.28. The Bertz CT molecular complexity index is 588. The van der Waals surface area contributed by atoms with Crippen LogP contribution < -0.4 is 9.62 Å². The van der Waals surface area contributed by atoms with Crippen LogP contribution in [0.1, 0.15) is 6.42 Å². The van der Waals surface area contributed by atoms with Crippen molar-refractivity contribution >= 4 is 27.5 Å². The van der Waals surface area contributed by atoms with Gasteiger partial charge in [-0.05, 0) is 30.4 Å². The van der Waals surface area contributed by atoms with Gasteiger partial charge in [0.1, 0.15) is 10.7 Å². The molecule has 1 aliphatic rings. The molecule has 0 atom stereocenters. The molecule has 1 N–H and O–H groups in total. The van der Waals surface area contributed by atoms with E-state index in [1.807, 2.05) is 16.7 Å². The highest BCUT2D eigenvalue weighted by Gasteiger charge is 2.23. The van der Waals surface area contributed by atoms with Gasteiger partial charge in [0, 0.05) is 32.5 Å². The molecule has 0 saturated carbocycles. The molecular weight excluding hydrogens is 327 g/mol. The fraction of sp³-hybridized carbons (Fsp3) is 0.571. The summed E-state index contributed by atoms with van der Waals surface area (Å²) in [6, 6.07) is 3.94. The smallest absolute Gasteiger partial charge is 0.242 e. The van der Waals surface area contributed by atoms with Crippen molar-refractivity contribution in [3.8, 4) is 0 Å². The molecule has 1 aromatic rings. The van der Waals surface area contributed by atoms with Crippen LogP contribution in [-0.2, 0) is 14.8 Å². The third kappa shape index (κ3) is 4.58. The molecule has 1 fully saturated rings. The number of hydrogen-bond donors (Lipinski definition) is 1. The third-order valence-corrected chi connectivity index (χ3v) is 5.91. The summed E-state index contributed by atoms with van der Waals surface area (Å²) in [6.07, 6.45) is 0.985. The second-order valence-electron chi connectivity index (χ2n) is 4.96. The average Bonchev–Trinajstić information content (AvgIpc) is 2.76. The third-order valence-electron chi connectivity index (χ3n) is 3.37. The molecule has 0 aliphatic carbocycles. The molecule has 0 unspecified atom stereocenters. The van der Waals surface area contributed by atoms with Gasteiger partial charge in [0.05, 0.1) is 12.3 Å². The summed E-state index contributed by atoms with van der Waals surface area (Å²) in [4.78, 5) is 2.01. The van der Waals surface area contributed by atoms with E-state index < -0.39 is 15.8 Å². The van der Waals surface area contributed by atoms with Gasteiger partial charge in [-0.2, -0.15) is 11.8 Å². The van der Waals surface area contributed by atoms with E-state index in [2.05, 4.69) is 4.72 Å². The van der Waals surface area contributed by atoms with Gasteiger partial charge < -0.3 is 9.64 Å². The number of anilines is 1. The standard InChI is InChI=1S/C14H21FN2O3S2/c1-20-8-5-16-22(18,19)14-11-12(15)3-4-13(14)17-6-2-9-21-10-7-17/h3-4,11,16H,2,5-10H2,1H3. The summed E-state index contributed by atoms with van der Waals surface area (Å²) in [5.74, 6) is 1.44. The predicted molar refractivity (Wildman–Crippen MR) is 87.6 cm³/mol. The van der Waals surface area contributed by atoms with Crippen molar-refractivity contribution in [3.05, 3.63) is 24.0 Å². The Hall–Kier alpha value is -0.830. The van der Waals surface area contributed by atoms with Crippen LogP contribution in [0.2, 0.25) is 0 Å². The van der Waals surface area contributed by atoms with Crippen molar-refractivity contribution in [2.75, 3.05) is 49.8 Å². The lowest BCUT2D eigenvalue weighted by molar-refractivity contribution is 0.204. The first kappa shape index (κ1) is 17.5. The first-order chi connectivity index (χ1) is 10.5. The summed E-state index contributed by atoms with van der Waals surface area (Å²) < 4.78 is 45.8. The first-order valence-corrected chi connectivity index (χ1v) is 9.79. The number of nitrogens with one attached hydrogen (secondary N) is 1. The molecule has 0 radical (unpaired) electrons. The van der Waals surface area contributed by atoms with Crippen LogP contribution in [0.4, 0.5) is 10.1 Å². The lowest BCUT2D eigenvalue weighted by Gasteiger charge is -2.25. The van der Waals surface area contributed by atoms with Gasteiger partial charge in [-0.15, -0.1) is 0 Å². The Balaban J connectivity index is 2.30. The minimum atomic E-state index is -3.77. The highest BCUT2D eigenvalue weighted by molar-refractivity contribution is 7.99. The number of sulfonamides is 1. The zero-order chi connectivity index (χ0) is 16.0. The number of benzene rings is 1. The maximum absolute atomic E-state index is 13.6. The molecule has 5 nitrogen and oxygen atoms in total. The van der Waals surface area contributed by atoms with E-state index in [0.29, 0.717) is 5.69 Å². The monoisotopic (exact) mass is 348 g/mol. The number of thioether (sulfide) groups is 1. The maximum Gasteiger partial charge on any atom is 0.242 e. The van der Waals surface area contributed by atoms with Crippen molar-refractivity contribution in [2.45, 2.75) is 11.3 Å². The summed E-state index contributed by atoms with van der Waals surface area (Å²) in [5.41, 5.74) is 0.564. The van der Waals surface area contributed by atoms with E-state index in [9.17, 15) is 12.8 Å². The predicted octanol–water partition coefficient (Wildman–Crippen LogP) is 1.69. The Morgan fingerprint density at radius 3 is 2.95 bits per heavy atom. The fourth-order valence-electron chi connectivity index (χ4n) is 2.31. The molecule has 22 heavy (non-hydrogen) atoms. The fourth-order valence-corrected chi connectivity index (χ4v) is 4.44. The molecule has 8 heteroatoms. The van der Waals surface area contributed by atoms with E-state index >= 15 is 0 Å². The molecular formula is C14H21FN2O3S2. The van der Waals surface area contributed by atoms with Crippen LogP contribution in [0.5, 0.6) is 0 Å². The van der Waals surface area contributed by atoms with Crippen LogP contribution in [-0.4, -0.2) is 53.3 Å². The van der Waals surface area contributed by atoms with Gasteiger partial charge >= 0.3 is 0 Å². The second kappa shape index (κ2) is 8.14. The molecule has 124 valence electrons. The van der Waals surface area contributed by atoms with E-state index in [1.165, 1.54) is 13.2 Å². The number of hydrogen-bond acceptors (Lipinski definition) is 5. The molecule has 0 aromatic heterocycles. The number of nitrogens with zero attached hydrogens (tertiary/aromatic N) is 1. The molecule has 0 bridgehead atoms. The van der Waals surface area contributed by atoms with Crippen molar-refractivity contribution in [3.63, 3.8) is 0 Å². The number of ether oxygens (including phenoxy) is 1. The van der Waals surface area contributed by atoms with Gasteiger partial charge in [-0.3, -0.25) is 0 Å². The molecule has 1 saturated heterocycles. The van der Waals surface area contributed by atoms with Crippen molar-refractivity contribution in [1.82, 2.24) is 4.72 Å². The van der Waals surface area contributed by atoms with Gasteiger partial charge in [0.25, 0.3) is 0 Å². The summed E-state index contributed by atoms with van der Waals surface area (Å²) in [7, 11) is -2.27. The summed E-state index contributed by atoms with van der Waals surface area (Å²) in [6.45, 7) is 1.96. The van der Waals surface area contributed by atoms with Gasteiger partial charge in [-0.1, -0.05) is 0 Å². The SMILES string of the molecule is COCCNS(=O)(=O)c1cc(F)ccc1N1CCCSCC1. The molecule has 1 heterocycles. The van der Waals surface area contributed by atoms with Crippen molar-refractivity contribution in [2.24, 2.45) is 0 Å². The Morgan fingerprint density at radius 1 is 1.36 bits per heavy atom. The molecule has 1 aliphatic heterocycles. The lowest BCUT2D eigenvalue weighted by Crippen LogP contribution is -2.31. The van der Waals surface area contributed by atoms with Crippen LogP contribution in [0.25, 0.3) is 0 Å². The average molecular weight is 348 g/mol. The van der Waals surface area contributed by atoms with Gasteiger partial charge in [-0.25, -0.2) is 17.5 Å². The first-order valence-electron chi connectivity index (χ1n) is 7.15. The van der Waals surface area contributed by atoms with Crippen LogP contribution in [0.15, 0.2) is 23.1 Å². The summed E-state index contributed by atoms with van der Waals surface area (Å²) in [5, 5.41) is 0. The Kier molecular flexibility index (Phi) is 6.49. The van der Waals surface area contributed by atoms with E-state index in [4.69, 9.17) is 4.74 Å². The largest absolute Gasteiger partial charge is 0.383 e. The minimum Gasteiger partial charge on any atom is -0.383 e. The van der Waals surface area contributed by atoms with E-state index in [1.54, 1.807) is 6.07 Å². The lowest BCUT2D eigenvalue weighted by atomic mass is 10.2. The number of methoxy groups -OCH3 is 1. The summed E-state index contributed by atoms with van der Waals surface area (Å²) >= 11 is 1.85. The second-order valence-corrected chi connectivity index (χ2v) is 7.92. The van der Waals surface area contributed by atoms with Gasteiger partial charge in [0.15, 0.2) is 0 Å². The highest BCUT2D eigenvalue weighted by atomic mass is 32.2. The molecule has 1 aromatic carbocycles. The van der Waals surface area contributed by atoms with Crippen molar-refractivity contribution in [1.29, 1.82) is 0 Å². The number of rotatable bonds is 6. The van der Waals surface area contributed by atoms with Gasteiger partial charge in [0.2, 0.25) is 10.0 Å². The zero-order valence-corrected chi connectivity index (χ0v) is 14.2. The molecule has 0 spiro atoms. The molecule has 0 amide bonds. The van der Waals surface area contributed by atoms with E-state index in [-0.39, 0.29) is 18.0 Å². The number of halogens is 1. The van der Waals surface area contributed by atoms with Crippen molar-refractivity contribution < 1.29 is 17.5 Å². The van der Waals surface area contributed by atoms with Crippen LogP contribution >= 0.6 is 11.8 Å². The normalized spacial score (nSPS) is 16.5. The van der Waals surface area contributed by atoms with E-state index in [0.717, 1.165) is 37.1 Å². The van der Waals surface area contributed by atoms with Crippen LogP contribution in [0, 0.1) is 5.82 Å². The Labute approximate surface area is 135 Å². The zero-order valence-electron chi connectivity index (χ0n) is 12.5. The molecule has 2 rings (SSSR count). The topological polar surface area (TPSA) is 58.6 Å².